The summed E-state index contributed by atoms with van der Waals surface area (Å²) in [5.74, 6) is 0.865. The van der Waals surface area contributed by atoms with Gasteiger partial charge in [0.05, 0.1) is 5.52 Å². The Hall–Kier alpha value is -2.61. The van der Waals surface area contributed by atoms with Crippen LogP contribution >= 0.6 is 0 Å². The highest BCUT2D eigenvalue weighted by molar-refractivity contribution is 5.79. The Morgan fingerprint density at radius 1 is 0.895 bits per heavy atom. The Morgan fingerprint density at radius 2 is 1.74 bits per heavy atom. The van der Waals surface area contributed by atoms with Crippen LogP contribution in [0, 0.1) is 0 Å². The van der Waals surface area contributed by atoms with Crippen molar-refractivity contribution in [3.63, 3.8) is 0 Å². The number of fused-ring (bicyclic) bond motifs is 3. The van der Waals surface area contributed by atoms with E-state index in [0.29, 0.717) is 0 Å². The maximum atomic E-state index is 5.71. The van der Waals surface area contributed by atoms with Gasteiger partial charge in [0, 0.05) is 16.2 Å². The summed E-state index contributed by atoms with van der Waals surface area (Å²) in [7, 11) is 0. The highest BCUT2D eigenvalue weighted by atomic mass is 16.5. The summed E-state index contributed by atoms with van der Waals surface area (Å²) in [6.45, 7) is 0. The molecule has 1 aromatic heterocycles. The minimum atomic E-state index is 0.865. The molecular formula is C17H11NO. The van der Waals surface area contributed by atoms with Gasteiger partial charge in [-0.15, -0.1) is 0 Å². The molecular weight excluding hydrogens is 234 g/mol. The van der Waals surface area contributed by atoms with Crippen molar-refractivity contribution in [2.45, 2.75) is 0 Å². The van der Waals surface area contributed by atoms with E-state index in [9.17, 15) is 0 Å². The molecule has 0 amide bonds. The van der Waals surface area contributed by atoms with E-state index in [2.05, 4.69) is 23.2 Å². The zero-order valence-corrected chi connectivity index (χ0v) is 10.2. The average Bonchev–Trinajstić information content (AvgIpc) is 2.63. The van der Waals surface area contributed by atoms with Gasteiger partial charge in [0.15, 0.2) is 0 Å². The number of hydrogen-bond donors (Lipinski definition) is 0. The van der Waals surface area contributed by atoms with Crippen molar-refractivity contribution in [2.24, 2.45) is 0 Å². The molecule has 19 heavy (non-hydrogen) atoms. The number of ether oxygens (including phenoxy) is 1. The van der Waals surface area contributed by atoms with Gasteiger partial charge < -0.3 is 4.74 Å². The number of para-hydroxylation sites is 2. The molecule has 0 spiro atoms. The molecule has 1 aliphatic rings. The monoisotopic (exact) mass is 245 g/mol. The smallest absolute Gasteiger partial charge is 0.133 e. The zero-order valence-electron chi connectivity index (χ0n) is 10.2. The number of pyridine rings is 1. The predicted octanol–water partition coefficient (Wildman–Crippen LogP) is 2.19. The van der Waals surface area contributed by atoms with E-state index in [0.717, 1.165) is 32.8 Å². The first-order chi connectivity index (χ1) is 9.40. The SMILES string of the molecule is C1=c2cc3ccccc3nc2=COc2ccccc21. The standard InChI is InChI=1S/C17H11NO/c1-3-7-15-12(5-1)9-14-10-13-6-2-4-8-17(13)19-11-16(14)18-15/h1-11H. The van der Waals surface area contributed by atoms with Crippen molar-refractivity contribution in [3.05, 3.63) is 70.7 Å². The van der Waals surface area contributed by atoms with Gasteiger partial charge >= 0.3 is 0 Å². The lowest BCUT2D eigenvalue weighted by Crippen LogP contribution is -2.28. The fourth-order valence-electron chi connectivity index (χ4n) is 2.35. The molecule has 2 heterocycles. The van der Waals surface area contributed by atoms with Crippen LogP contribution in [0.5, 0.6) is 5.75 Å². The molecule has 2 aromatic carbocycles. The minimum Gasteiger partial charge on any atom is -0.462 e. The maximum Gasteiger partial charge on any atom is 0.133 e. The molecule has 2 nitrogen and oxygen atoms in total. The van der Waals surface area contributed by atoms with Crippen molar-refractivity contribution in [1.29, 1.82) is 0 Å². The van der Waals surface area contributed by atoms with Crippen molar-refractivity contribution in [2.75, 3.05) is 0 Å². The first kappa shape index (κ1) is 10.3. The van der Waals surface area contributed by atoms with Crippen LogP contribution < -0.4 is 15.3 Å². The number of rotatable bonds is 0. The topological polar surface area (TPSA) is 22.1 Å². The molecule has 0 unspecified atom stereocenters. The Balaban J connectivity index is 2.11. The van der Waals surface area contributed by atoms with Crippen molar-refractivity contribution in [1.82, 2.24) is 4.98 Å². The third kappa shape index (κ3) is 1.69. The van der Waals surface area contributed by atoms with Gasteiger partial charge in [-0.2, -0.15) is 0 Å². The molecule has 0 aliphatic carbocycles. The summed E-state index contributed by atoms with van der Waals surface area (Å²) in [5.41, 5.74) is 2.06. The third-order valence-electron chi connectivity index (χ3n) is 3.31. The van der Waals surface area contributed by atoms with Crippen LogP contribution in [0.2, 0.25) is 0 Å². The van der Waals surface area contributed by atoms with Crippen molar-refractivity contribution in [3.8, 4) is 5.75 Å². The number of hydrogen-bond acceptors (Lipinski definition) is 2. The van der Waals surface area contributed by atoms with Gasteiger partial charge in [-0.25, -0.2) is 4.98 Å². The molecule has 90 valence electrons. The lowest BCUT2D eigenvalue weighted by molar-refractivity contribution is 0.538. The summed E-state index contributed by atoms with van der Waals surface area (Å²) in [4.78, 5) is 4.65. The summed E-state index contributed by atoms with van der Waals surface area (Å²) in [6, 6.07) is 18.3. The second kappa shape index (κ2) is 3.95. The summed E-state index contributed by atoms with van der Waals surface area (Å²) in [5, 5.41) is 3.10. The number of nitrogens with zero attached hydrogens (tertiary/aromatic N) is 1. The lowest BCUT2D eigenvalue weighted by atomic mass is 10.1. The van der Waals surface area contributed by atoms with Gasteiger partial charge in [-0.05, 0) is 24.3 Å². The summed E-state index contributed by atoms with van der Waals surface area (Å²) >= 11 is 0. The third-order valence-corrected chi connectivity index (χ3v) is 3.31. The highest BCUT2D eigenvalue weighted by Crippen LogP contribution is 2.19. The Bertz CT molecular complexity index is 897. The first-order valence-electron chi connectivity index (χ1n) is 6.24. The number of benzene rings is 2. The normalized spacial score (nSPS) is 12.4. The van der Waals surface area contributed by atoms with Crippen LogP contribution in [0.1, 0.15) is 5.56 Å². The first-order valence-corrected chi connectivity index (χ1v) is 6.24. The Kier molecular flexibility index (Phi) is 2.15. The van der Waals surface area contributed by atoms with E-state index in [4.69, 9.17) is 4.74 Å². The highest BCUT2D eigenvalue weighted by Gasteiger charge is 2.04. The molecule has 1 aliphatic heterocycles. The minimum absolute atomic E-state index is 0.865. The summed E-state index contributed by atoms with van der Waals surface area (Å²) < 4.78 is 5.71. The van der Waals surface area contributed by atoms with Gasteiger partial charge in [-0.1, -0.05) is 36.4 Å². The molecule has 0 saturated heterocycles. The molecule has 2 heteroatoms. The van der Waals surface area contributed by atoms with Crippen LogP contribution in [0.3, 0.4) is 0 Å². The van der Waals surface area contributed by atoms with E-state index >= 15 is 0 Å². The van der Waals surface area contributed by atoms with E-state index < -0.39 is 0 Å². The Morgan fingerprint density at radius 3 is 2.74 bits per heavy atom. The molecule has 4 rings (SSSR count). The average molecular weight is 245 g/mol. The molecule has 0 saturated carbocycles. The van der Waals surface area contributed by atoms with Crippen molar-refractivity contribution < 1.29 is 4.74 Å². The van der Waals surface area contributed by atoms with Crippen molar-refractivity contribution >= 4 is 23.2 Å². The van der Waals surface area contributed by atoms with Crippen LogP contribution in [-0.4, -0.2) is 4.98 Å². The second-order valence-corrected chi connectivity index (χ2v) is 4.57. The van der Waals surface area contributed by atoms with Crippen LogP contribution in [-0.2, 0) is 0 Å². The van der Waals surface area contributed by atoms with E-state index in [-0.39, 0.29) is 0 Å². The van der Waals surface area contributed by atoms with E-state index in [1.165, 1.54) is 0 Å². The molecule has 0 atom stereocenters. The molecule has 0 radical (unpaired) electrons. The molecule has 0 N–H and O–H groups in total. The zero-order chi connectivity index (χ0) is 12.7. The van der Waals surface area contributed by atoms with Gasteiger partial charge in [0.1, 0.15) is 17.4 Å². The van der Waals surface area contributed by atoms with Gasteiger partial charge in [0.2, 0.25) is 0 Å². The molecule has 0 fully saturated rings. The van der Waals surface area contributed by atoms with E-state index in [1.807, 2.05) is 42.5 Å². The van der Waals surface area contributed by atoms with Gasteiger partial charge in [-0.3, -0.25) is 0 Å². The molecule has 0 bridgehead atoms. The molecule has 3 aromatic rings. The van der Waals surface area contributed by atoms with Crippen LogP contribution in [0.4, 0.5) is 0 Å². The summed E-state index contributed by atoms with van der Waals surface area (Å²) in [6.07, 6.45) is 3.84. The second-order valence-electron chi connectivity index (χ2n) is 4.57. The largest absolute Gasteiger partial charge is 0.462 e. The Labute approximate surface area is 110 Å². The maximum absolute atomic E-state index is 5.71. The predicted molar refractivity (Wildman–Crippen MR) is 76.1 cm³/mol. The lowest BCUT2D eigenvalue weighted by Gasteiger charge is -2.01. The van der Waals surface area contributed by atoms with Crippen LogP contribution in [0.25, 0.3) is 23.2 Å². The fourth-order valence-corrected chi connectivity index (χ4v) is 2.35. The quantitative estimate of drug-likeness (QED) is 0.605. The fraction of sp³-hybridized carbons (Fsp3) is 0. The number of aromatic nitrogens is 1. The van der Waals surface area contributed by atoms with Crippen LogP contribution in [0.15, 0.2) is 54.6 Å². The van der Waals surface area contributed by atoms with E-state index in [1.54, 1.807) is 6.26 Å². The van der Waals surface area contributed by atoms with Gasteiger partial charge in [0.25, 0.3) is 0 Å².